The van der Waals surface area contributed by atoms with Crippen molar-refractivity contribution in [3.8, 4) is 56.4 Å². The molecule has 5 heteroatoms. The van der Waals surface area contributed by atoms with Crippen LogP contribution in [-0.4, -0.2) is 15.0 Å². The van der Waals surface area contributed by atoms with Gasteiger partial charge in [-0.05, 0) is 68.1 Å². The number of para-hydroxylation sites is 1. The maximum absolute atomic E-state index is 6.75. The quantitative estimate of drug-likeness (QED) is 0.175. The molecule has 9 aromatic carbocycles. The molecule has 0 N–H and O–H groups in total. The lowest BCUT2D eigenvalue weighted by Crippen LogP contribution is -2.01. The second kappa shape index (κ2) is 13.1. The fourth-order valence-electron chi connectivity index (χ4n) is 8.55. The molecule has 0 radical (unpaired) electrons. The van der Waals surface area contributed by atoms with Crippen molar-refractivity contribution in [2.45, 2.75) is 0 Å². The summed E-state index contributed by atoms with van der Waals surface area (Å²) in [5.74, 6) is 1.78. The minimum Gasteiger partial charge on any atom is -0.455 e. The van der Waals surface area contributed by atoms with Gasteiger partial charge < -0.3 is 4.42 Å². The predicted octanol–water partition coefficient (Wildman–Crippen LogP) is 14.8. The van der Waals surface area contributed by atoms with Gasteiger partial charge in [0.1, 0.15) is 11.2 Å². The van der Waals surface area contributed by atoms with E-state index in [0.29, 0.717) is 17.5 Å². The van der Waals surface area contributed by atoms with Crippen LogP contribution in [0.1, 0.15) is 0 Å². The number of fused-ring (bicyclic) bond motifs is 9. The van der Waals surface area contributed by atoms with E-state index >= 15 is 0 Å². The highest BCUT2D eigenvalue weighted by Gasteiger charge is 2.21. The molecule has 58 heavy (non-hydrogen) atoms. The molecule has 0 fully saturated rings. The number of hydrogen-bond acceptors (Lipinski definition) is 5. The molecule has 3 aromatic heterocycles. The molecule has 0 saturated heterocycles. The first-order valence-corrected chi connectivity index (χ1v) is 20.2. The van der Waals surface area contributed by atoms with Gasteiger partial charge in [-0.1, -0.05) is 164 Å². The van der Waals surface area contributed by atoms with Crippen LogP contribution in [0.15, 0.2) is 192 Å². The Morgan fingerprint density at radius 1 is 0.362 bits per heavy atom. The van der Waals surface area contributed by atoms with Gasteiger partial charge in [0.25, 0.3) is 0 Å². The molecule has 0 aliphatic heterocycles. The van der Waals surface area contributed by atoms with Crippen LogP contribution in [0, 0.1) is 0 Å². The van der Waals surface area contributed by atoms with E-state index in [4.69, 9.17) is 19.4 Å². The Labute approximate surface area is 337 Å². The Balaban J connectivity index is 1.10. The van der Waals surface area contributed by atoms with E-state index in [9.17, 15) is 0 Å². The summed E-state index contributed by atoms with van der Waals surface area (Å²) in [4.78, 5) is 15.9. The zero-order valence-corrected chi connectivity index (χ0v) is 31.9. The van der Waals surface area contributed by atoms with Crippen molar-refractivity contribution < 1.29 is 4.42 Å². The zero-order valence-electron chi connectivity index (χ0n) is 31.1. The van der Waals surface area contributed by atoms with Gasteiger partial charge in [0.05, 0.1) is 5.56 Å². The van der Waals surface area contributed by atoms with Gasteiger partial charge in [0.2, 0.25) is 0 Å². The third kappa shape index (κ3) is 5.25. The summed E-state index contributed by atoms with van der Waals surface area (Å²) in [6, 6.07) is 66.2. The summed E-state index contributed by atoms with van der Waals surface area (Å²) in [6.07, 6.45) is 0. The lowest BCUT2D eigenvalue weighted by atomic mass is 9.97. The highest BCUT2D eigenvalue weighted by atomic mass is 32.1. The number of furan rings is 1. The maximum atomic E-state index is 6.75. The van der Waals surface area contributed by atoms with Crippen molar-refractivity contribution in [3.63, 3.8) is 0 Å². The average Bonchev–Trinajstić information content (AvgIpc) is 3.88. The van der Waals surface area contributed by atoms with Gasteiger partial charge in [-0.15, -0.1) is 11.3 Å². The van der Waals surface area contributed by atoms with Crippen molar-refractivity contribution in [1.82, 2.24) is 15.0 Å². The van der Waals surface area contributed by atoms with Crippen LogP contribution >= 0.6 is 11.3 Å². The summed E-state index contributed by atoms with van der Waals surface area (Å²) in [6.45, 7) is 0. The summed E-state index contributed by atoms with van der Waals surface area (Å²) < 4.78 is 9.24. The van der Waals surface area contributed by atoms with Crippen LogP contribution in [0.2, 0.25) is 0 Å². The number of rotatable bonds is 5. The van der Waals surface area contributed by atoms with Crippen molar-refractivity contribution in [1.29, 1.82) is 0 Å². The first-order chi connectivity index (χ1) is 28.7. The molecule has 0 saturated carbocycles. The van der Waals surface area contributed by atoms with Crippen molar-refractivity contribution in [3.05, 3.63) is 188 Å². The zero-order chi connectivity index (χ0) is 38.2. The van der Waals surface area contributed by atoms with Crippen LogP contribution in [0.5, 0.6) is 0 Å². The van der Waals surface area contributed by atoms with E-state index in [1.165, 1.54) is 30.9 Å². The summed E-state index contributed by atoms with van der Waals surface area (Å²) >= 11 is 1.82. The molecular formula is C53H31N3OS. The Morgan fingerprint density at radius 3 is 1.86 bits per heavy atom. The molecule has 4 nitrogen and oxygen atoms in total. The summed E-state index contributed by atoms with van der Waals surface area (Å²) in [5.41, 5.74) is 8.83. The van der Waals surface area contributed by atoms with Gasteiger partial charge in [0, 0.05) is 42.1 Å². The number of benzene rings is 9. The van der Waals surface area contributed by atoms with Crippen LogP contribution in [-0.2, 0) is 0 Å². The van der Waals surface area contributed by atoms with Crippen LogP contribution in [0.3, 0.4) is 0 Å². The fraction of sp³-hybridized carbons (Fsp3) is 0. The molecule has 0 aliphatic carbocycles. The molecule has 12 rings (SSSR count). The lowest BCUT2D eigenvalue weighted by Gasteiger charge is -2.12. The Hall–Kier alpha value is -7.47. The van der Waals surface area contributed by atoms with E-state index in [2.05, 4.69) is 170 Å². The van der Waals surface area contributed by atoms with Crippen LogP contribution < -0.4 is 0 Å². The van der Waals surface area contributed by atoms with Crippen LogP contribution in [0.25, 0.3) is 120 Å². The molecule has 0 spiro atoms. The highest BCUT2D eigenvalue weighted by molar-refractivity contribution is 7.26. The third-order valence-electron chi connectivity index (χ3n) is 11.3. The summed E-state index contributed by atoms with van der Waals surface area (Å²) in [7, 11) is 0. The average molecular weight is 758 g/mol. The first-order valence-electron chi connectivity index (χ1n) is 19.4. The number of nitrogens with zero attached hydrogens (tertiary/aromatic N) is 3. The number of hydrogen-bond donors (Lipinski definition) is 0. The van der Waals surface area contributed by atoms with Crippen molar-refractivity contribution >= 4 is 75.0 Å². The Morgan fingerprint density at radius 2 is 0.983 bits per heavy atom. The molecule has 270 valence electrons. The second-order valence-corrected chi connectivity index (χ2v) is 15.8. The topological polar surface area (TPSA) is 51.8 Å². The minimum atomic E-state index is 0.560. The van der Waals surface area contributed by atoms with Gasteiger partial charge in [-0.25, -0.2) is 15.0 Å². The summed E-state index contributed by atoms with van der Waals surface area (Å²) in [5, 5.41) is 9.30. The van der Waals surface area contributed by atoms with E-state index in [1.54, 1.807) is 0 Å². The van der Waals surface area contributed by atoms with E-state index < -0.39 is 0 Å². The smallest absolute Gasteiger partial charge is 0.167 e. The van der Waals surface area contributed by atoms with E-state index in [0.717, 1.165) is 71.7 Å². The van der Waals surface area contributed by atoms with E-state index in [1.807, 2.05) is 29.5 Å². The first kappa shape index (κ1) is 32.7. The van der Waals surface area contributed by atoms with Crippen molar-refractivity contribution in [2.24, 2.45) is 0 Å². The maximum Gasteiger partial charge on any atom is 0.167 e. The van der Waals surface area contributed by atoms with Gasteiger partial charge in [-0.3, -0.25) is 0 Å². The molecular weight excluding hydrogens is 727 g/mol. The van der Waals surface area contributed by atoms with E-state index in [-0.39, 0.29) is 0 Å². The lowest BCUT2D eigenvalue weighted by molar-refractivity contribution is 0.669. The van der Waals surface area contributed by atoms with Gasteiger partial charge >= 0.3 is 0 Å². The normalized spacial score (nSPS) is 11.8. The molecule has 0 unspecified atom stereocenters. The number of aromatic nitrogens is 3. The molecule has 0 atom stereocenters. The number of thiophene rings is 1. The minimum absolute atomic E-state index is 0.560. The van der Waals surface area contributed by atoms with Gasteiger partial charge in [-0.2, -0.15) is 0 Å². The predicted molar refractivity (Wildman–Crippen MR) is 242 cm³/mol. The largest absolute Gasteiger partial charge is 0.455 e. The van der Waals surface area contributed by atoms with Crippen molar-refractivity contribution in [2.75, 3.05) is 0 Å². The standard InChI is InChI=1S/C53H31N3OS/c1-3-12-32(13-4-1)36-25-24-35-17-9-20-42(45(35)30-36)52-54-51(37-27-28-40-41-29-26-34-16-7-8-18-39(34)50(41)58-47(40)31-37)55-53(56-52)44-22-10-21-43-48-38(33-14-5-2-6-15-33)19-11-23-46(48)57-49(43)44/h1-31H. The highest BCUT2D eigenvalue weighted by Crippen LogP contribution is 2.43. The fourth-order valence-corrected chi connectivity index (χ4v) is 9.83. The SMILES string of the molecule is c1ccc(-c2ccc3cccc(-c4nc(-c5ccc6c(c5)sc5c7ccccc7ccc65)nc(-c5cccc6c5oc5cccc(-c7ccccc7)c56)n4)c3c2)cc1. The third-order valence-corrected chi connectivity index (χ3v) is 12.5. The molecule has 0 aliphatic rings. The van der Waals surface area contributed by atoms with Gasteiger partial charge in [0.15, 0.2) is 17.5 Å². The second-order valence-electron chi connectivity index (χ2n) is 14.7. The molecule has 3 heterocycles. The Kier molecular flexibility index (Phi) is 7.37. The molecule has 12 aromatic rings. The van der Waals surface area contributed by atoms with Crippen LogP contribution in [0.4, 0.5) is 0 Å². The molecule has 0 amide bonds. The molecule has 0 bridgehead atoms. The Bertz CT molecular complexity index is 3570. The monoisotopic (exact) mass is 757 g/mol.